The molecule has 1 aliphatic rings. The standard InChI is InChI=1S/C18H32O5SSi/c1-17(2,3)25(6,7)21-11-12(19)15-16(23-18(4,5)22-15)14(20)13-9-8-10-24-13/h8-10,12,14-16,19-20H,11H2,1-7H3/t12-,14+,15-,16+/m1/s1. The van der Waals surface area contributed by atoms with Crippen LogP contribution >= 0.6 is 11.3 Å². The van der Waals surface area contributed by atoms with Crippen LogP contribution in [0.25, 0.3) is 0 Å². The van der Waals surface area contributed by atoms with Gasteiger partial charge >= 0.3 is 0 Å². The van der Waals surface area contributed by atoms with Crippen LogP contribution in [0, 0.1) is 0 Å². The highest BCUT2D eigenvalue weighted by Crippen LogP contribution is 2.39. The predicted octanol–water partition coefficient (Wildman–Crippen LogP) is 3.68. The zero-order valence-corrected chi connectivity index (χ0v) is 18.1. The molecular weight excluding hydrogens is 356 g/mol. The van der Waals surface area contributed by atoms with E-state index < -0.39 is 38.5 Å². The van der Waals surface area contributed by atoms with E-state index >= 15 is 0 Å². The molecule has 4 atom stereocenters. The molecule has 1 fully saturated rings. The van der Waals surface area contributed by atoms with E-state index in [2.05, 4.69) is 33.9 Å². The van der Waals surface area contributed by atoms with Gasteiger partial charge in [-0.2, -0.15) is 0 Å². The topological polar surface area (TPSA) is 68.2 Å². The normalized spacial score (nSPS) is 26.6. The summed E-state index contributed by atoms with van der Waals surface area (Å²) in [6, 6.07) is 3.75. The van der Waals surface area contributed by atoms with Gasteiger partial charge in [0.25, 0.3) is 0 Å². The van der Waals surface area contributed by atoms with Crippen LogP contribution in [0.4, 0.5) is 0 Å². The van der Waals surface area contributed by atoms with E-state index in [1.807, 2.05) is 17.5 Å². The molecule has 0 radical (unpaired) electrons. The average Bonchev–Trinajstić information content (AvgIpc) is 3.10. The van der Waals surface area contributed by atoms with E-state index in [0.29, 0.717) is 0 Å². The number of aliphatic hydroxyl groups is 2. The first-order valence-electron chi connectivity index (χ1n) is 8.73. The van der Waals surface area contributed by atoms with Crippen molar-refractivity contribution in [3.63, 3.8) is 0 Å². The SMILES string of the molecule is CC1(C)O[C@@H]([C@@H](O)c2cccs2)[C@@H]([C@H](O)CO[Si](C)(C)C(C)(C)C)O1. The summed E-state index contributed by atoms with van der Waals surface area (Å²) in [5.74, 6) is -0.856. The van der Waals surface area contributed by atoms with Crippen molar-refractivity contribution in [2.75, 3.05) is 6.61 Å². The van der Waals surface area contributed by atoms with Gasteiger partial charge in [0.05, 0.1) is 6.61 Å². The maximum absolute atomic E-state index is 10.7. The summed E-state index contributed by atoms with van der Waals surface area (Å²) in [6.07, 6.45) is -2.98. The third kappa shape index (κ3) is 4.91. The molecule has 1 saturated heterocycles. The first-order valence-corrected chi connectivity index (χ1v) is 12.5. The number of ether oxygens (including phenoxy) is 2. The Morgan fingerprint density at radius 1 is 1.24 bits per heavy atom. The van der Waals surface area contributed by atoms with Gasteiger partial charge in [-0.1, -0.05) is 26.8 Å². The molecule has 2 rings (SSSR count). The van der Waals surface area contributed by atoms with E-state index in [0.717, 1.165) is 4.88 Å². The lowest BCUT2D eigenvalue weighted by Crippen LogP contribution is -2.47. The Bertz CT molecular complexity index is 552. The van der Waals surface area contributed by atoms with Crippen molar-refractivity contribution in [3.05, 3.63) is 22.4 Å². The molecule has 0 bridgehead atoms. The third-order valence-corrected chi connectivity index (χ3v) is 10.6. The fourth-order valence-corrected chi connectivity index (χ4v) is 4.35. The molecule has 0 unspecified atom stereocenters. The molecule has 1 aromatic rings. The quantitative estimate of drug-likeness (QED) is 0.728. The van der Waals surface area contributed by atoms with Crippen molar-refractivity contribution in [1.82, 2.24) is 0 Å². The number of thiophene rings is 1. The summed E-state index contributed by atoms with van der Waals surface area (Å²) < 4.78 is 17.9. The monoisotopic (exact) mass is 388 g/mol. The van der Waals surface area contributed by atoms with Crippen LogP contribution in [0.1, 0.15) is 45.6 Å². The smallest absolute Gasteiger partial charge is 0.192 e. The first kappa shape index (κ1) is 21.0. The molecule has 25 heavy (non-hydrogen) atoms. The van der Waals surface area contributed by atoms with Gasteiger partial charge in [0.2, 0.25) is 0 Å². The maximum Gasteiger partial charge on any atom is 0.192 e. The van der Waals surface area contributed by atoms with Gasteiger partial charge in [0, 0.05) is 4.88 Å². The van der Waals surface area contributed by atoms with Gasteiger partial charge in [-0.25, -0.2) is 0 Å². The second-order valence-corrected chi connectivity index (χ2v) is 14.5. The van der Waals surface area contributed by atoms with E-state index in [4.69, 9.17) is 13.9 Å². The van der Waals surface area contributed by atoms with E-state index in [1.54, 1.807) is 13.8 Å². The van der Waals surface area contributed by atoms with Crippen LogP contribution in [0.2, 0.25) is 18.1 Å². The van der Waals surface area contributed by atoms with Gasteiger partial charge < -0.3 is 24.1 Å². The summed E-state index contributed by atoms with van der Waals surface area (Å²) in [4.78, 5) is 0.800. The molecule has 0 aliphatic carbocycles. The molecule has 1 aromatic heterocycles. The van der Waals surface area contributed by atoms with Crippen molar-refractivity contribution >= 4 is 19.7 Å². The lowest BCUT2D eigenvalue weighted by atomic mass is 10.0. The number of hydrogen-bond acceptors (Lipinski definition) is 6. The molecule has 144 valence electrons. The largest absolute Gasteiger partial charge is 0.414 e. The Morgan fingerprint density at radius 3 is 2.36 bits per heavy atom. The molecule has 0 amide bonds. The van der Waals surface area contributed by atoms with Crippen LogP contribution in [-0.4, -0.2) is 49.2 Å². The van der Waals surface area contributed by atoms with Crippen molar-refractivity contribution < 1.29 is 24.1 Å². The van der Waals surface area contributed by atoms with Gasteiger partial charge in [-0.3, -0.25) is 0 Å². The summed E-state index contributed by atoms with van der Waals surface area (Å²) in [5.41, 5.74) is 0. The maximum atomic E-state index is 10.7. The fraction of sp³-hybridized carbons (Fsp3) is 0.778. The van der Waals surface area contributed by atoms with Crippen LogP contribution in [-0.2, 0) is 13.9 Å². The summed E-state index contributed by atoms with van der Waals surface area (Å²) in [5, 5.41) is 23.4. The predicted molar refractivity (Wildman–Crippen MR) is 102 cm³/mol. The highest BCUT2D eigenvalue weighted by molar-refractivity contribution is 7.10. The van der Waals surface area contributed by atoms with Crippen molar-refractivity contribution in [2.45, 2.75) is 83.0 Å². The molecule has 7 heteroatoms. The zero-order chi connectivity index (χ0) is 19.0. The fourth-order valence-electron chi connectivity index (χ4n) is 2.59. The lowest BCUT2D eigenvalue weighted by Gasteiger charge is -2.37. The average molecular weight is 389 g/mol. The molecule has 1 aliphatic heterocycles. The summed E-state index contributed by atoms with van der Waals surface area (Å²) in [7, 11) is -1.97. The Kier molecular flexibility index (Phi) is 6.21. The summed E-state index contributed by atoms with van der Waals surface area (Å²) >= 11 is 1.46. The molecule has 0 aromatic carbocycles. The van der Waals surface area contributed by atoms with E-state index in [1.165, 1.54) is 11.3 Å². The molecule has 5 nitrogen and oxygen atoms in total. The van der Waals surface area contributed by atoms with Crippen molar-refractivity contribution in [1.29, 1.82) is 0 Å². The van der Waals surface area contributed by atoms with E-state index in [9.17, 15) is 10.2 Å². The minimum absolute atomic E-state index is 0.0644. The van der Waals surface area contributed by atoms with Gasteiger partial charge in [-0.05, 0) is 43.4 Å². The molecule has 2 heterocycles. The van der Waals surface area contributed by atoms with Crippen LogP contribution in [0.15, 0.2) is 17.5 Å². The highest BCUT2D eigenvalue weighted by Gasteiger charge is 2.49. The highest BCUT2D eigenvalue weighted by atomic mass is 32.1. The number of rotatable bonds is 6. The minimum atomic E-state index is -1.97. The first-order chi connectivity index (χ1) is 11.3. The molecule has 0 spiro atoms. The second-order valence-electron chi connectivity index (χ2n) is 8.66. The van der Waals surface area contributed by atoms with Crippen LogP contribution in [0.5, 0.6) is 0 Å². The number of hydrogen-bond donors (Lipinski definition) is 2. The van der Waals surface area contributed by atoms with Crippen molar-refractivity contribution in [2.24, 2.45) is 0 Å². The second kappa shape index (κ2) is 7.38. The summed E-state index contributed by atoms with van der Waals surface area (Å²) in [6.45, 7) is 14.5. The Balaban J connectivity index is 2.09. The zero-order valence-electron chi connectivity index (χ0n) is 16.3. The van der Waals surface area contributed by atoms with Crippen LogP contribution < -0.4 is 0 Å². The Hall–Kier alpha value is -0.283. The lowest BCUT2D eigenvalue weighted by molar-refractivity contribution is -0.161. The molecule has 0 saturated carbocycles. The van der Waals surface area contributed by atoms with Crippen molar-refractivity contribution in [3.8, 4) is 0 Å². The van der Waals surface area contributed by atoms with Gasteiger partial charge in [0.15, 0.2) is 14.1 Å². The molecular formula is C18H32O5SSi. The third-order valence-electron chi connectivity index (χ3n) is 5.11. The van der Waals surface area contributed by atoms with E-state index in [-0.39, 0.29) is 11.6 Å². The van der Waals surface area contributed by atoms with Gasteiger partial charge in [-0.15, -0.1) is 11.3 Å². The number of aliphatic hydroxyl groups excluding tert-OH is 2. The van der Waals surface area contributed by atoms with Crippen LogP contribution in [0.3, 0.4) is 0 Å². The van der Waals surface area contributed by atoms with Gasteiger partial charge in [0.1, 0.15) is 24.4 Å². The minimum Gasteiger partial charge on any atom is -0.414 e. The Labute approximate surface area is 156 Å². The molecule has 2 N–H and O–H groups in total. The Morgan fingerprint density at radius 2 is 1.84 bits per heavy atom.